The highest BCUT2D eigenvalue weighted by molar-refractivity contribution is 14.0. The standard InChI is InChI=1S/C20H28ClN5O.HI/c1-13(2)26-12-15-6-8-17(10-18(15)25-26)24-20(22-3)23-11-14-5-7-16(21)9-19(14)27-4;/h5,7,9,12-13,17H,6,8,10-11H2,1-4H3,(H2,22,23,24);1H. The van der Waals surface area contributed by atoms with Gasteiger partial charge in [0.15, 0.2) is 5.96 Å². The fourth-order valence-electron chi connectivity index (χ4n) is 3.33. The monoisotopic (exact) mass is 517 g/mol. The van der Waals surface area contributed by atoms with Crippen LogP contribution < -0.4 is 15.4 Å². The van der Waals surface area contributed by atoms with Crippen LogP contribution in [0.4, 0.5) is 0 Å². The zero-order valence-electron chi connectivity index (χ0n) is 16.8. The minimum Gasteiger partial charge on any atom is -0.496 e. The molecule has 0 saturated heterocycles. The smallest absolute Gasteiger partial charge is 0.191 e. The first-order chi connectivity index (χ1) is 13.0. The lowest BCUT2D eigenvalue weighted by atomic mass is 9.94. The van der Waals surface area contributed by atoms with E-state index in [4.69, 9.17) is 21.4 Å². The summed E-state index contributed by atoms with van der Waals surface area (Å²) in [4.78, 5) is 4.36. The van der Waals surface area contributed by atoms with Crippen molar-refractivity contribution in [1.82, 2.24) is 20.4 Å². The Morgan fingerprint density at radius 1 is 1.43 bits per heavy atom. The Morgan fingerprint density at radius 2 is 2.21 bits per heavy atom. The maximum Gasteiger partial charge on any atom is 0.191 e. The van der Waals surface area contributed by atoms with Gasteiger partial charge in [-0.25, -0.2) is 0 Å². The second-order valence-electron chi connectivity index (χ2n) is 7.14. The Morgan fingerprint density at radius 3 is 2.89 bits per heavy atom. The first-order valence-corrected chi connectivity index (χ1v) is 9.74. The van der Waals surface area contributed by atoms with E-state index < -0.39 is 0 Å². The zero-order valence-corrected chi connectivity index (χ0v) is 19.9. The molecule has 6 nitrogen and oxygen atoms in total. The van der Waals surface area contributed by atoms with Crippen LogP contribution in [0.5, 0.6) is 5.75 Å². The summed E-state index contributed by atoms with van der Waals surface area (Å²) < 4.78 is 7.47. The van der Waals surface area contributed by atoms with Gasteiger partial charge in [0.2, 0.25) is 0 Å². The molecule has 1 aliphatic rings. The van der Waals surface area contributed by atoms with E-state index in [2.05, 4.69) is 40.4 Å². The Kier molecular flexibility index (Phi) is 8.42. The molecule has 2 aromatic rings. The van der Waals surface area contributed by atoms with Crippen molar-refractivity contribution < 1.29 is 4.74 Å². The van der Waals surface area contributed by atoms with Gasteiger partial charge in [0.1, 0.15) is 5.75 Å². The fraction of sp³-hybridized carbons (Fsp3) is 0.500. The zero-order chi connectivity index (χ0) is 19.4. The molecule has 1 aromatic heterocycles. The molecule has 28 heavy (non-hydrogen) atoms. The number of ether oxygens (including phenoxy) is 1. The van der Waals surface area contributed by atoms with E-state index in [1.807, 2.05) is 18.2 Å². The second-order valence-corrected chi connectivity index (χ2v) is 7.58. The average Bonchev–Trinajstić information content (AvgIpc) is 3.09. The van der Waals surface area contributed by atoms with Gasteiger partial charge in [-0.1, -0.05) is 17.7 Å². The van der Waals surface area contributed by atoms with Crippen molar-refractivity contribution in [2.45, 2.75) is 51.7 Å². The third-order valence-electron chi connectivity index (χ3n) is 4.89. The van der Waals surface area contributed by atoms with Crippen LogP contribution in [0.3, 0.4) is 0 Å². The summed E-state index contributed by atoms with van der Waals surface area (Å²) in [5, 5.41) is 12.3. The molecule has 3 rings (SSSR count). The first-order valence-electron chi connectivity index (χ1n) is 9.36. The van der Waals surface area contributed by atoms with Crippen molar-refractivity contribution >= 4 is 41.5 Å². The van der Waals surface area contributed by atoms with Crippen LogP contribution >= 0.6 is 35.6 Å². The highest BCUT2D eigenvalue weighted by Crippen LogP contribution is 2.23. The lowest BCUT2D eigenvalue weighted by molar-refractivity contribution is 0.409. The van der Waals surface area contributed by atoms with Crippen LogP contribution in [-0.4, -0.2) is 35.9 Å². The number of hydrogen-bond donors (Lipinski definition) is 2. The molecule has 0 radical (unpaired) electrons. The lowest BCUT2D eigenvalue weighted by Gasteiger charge is -2.24. The number of guanidine groups is 1. The van der Waals surface area contributed by atoms with E-state index in [1.54, 1.807) is 14.2 Å². The number of methoxy groups -OCH3 is 1. The summed E-state index contributed by atoms with van der Waals surface area (Å²) in [5.74, 6) is 1.55. The van der Waals surface area contributed by atoms with Crippen molar-refractivity contribution in [3.63, 3.8) is 0 Å². The van der Waals surface area contributed by atoms with Crippen LogP contribution in [0.25, 0.3) is 0 Å². The number of aromatic nitrogens is 2. The van der Waals surface area contributed by atoms with E-state index >= 15 is 0 Å². The van der Waals surface area contributed by atoms with Gasteiger partial charge in [-0.05, 0) is 44.4 Å². The molecule has 1 heterocycles. The van der Waals surface area contributed by atoms with E-state index in [1.165, 1.54) is 11.3 Å². The molecule has 0 amide bonds. The van der Waals surface area contributed by atoms with Gasteiger partial charge in [0.05, 0.1) is 12.8 Å². The van der Waals surface area contributed by atoms with Crippen LogP contribution in [0.15, 0.2) is 29.4 Å². The van der Waals surface area contributed by atoms with Crippen molar-refractivity contribution in [2.24, 2.45) is 4.99 Å². The molecule has 1 aliphatic carbocycles. The Labute approximate surface area is 189 Å². The predicted molar refractivity (Wildman–Crippen MR) is 125 cm³/mol. The second kappa shape index (κ2) is 10.3. The quantitative estimate of drug-likeness (QED) is 0.358. The molecule has 0 aliphatic heterocycles. The summed E-state index contributed by atoms with van der Waals surface area (Å²) in [6.45, 7) is 4.93. The summed E-state index contributed by atoms with van der Waals surface area (Å²) in [5.41, 5.74) is 3.60. The predicted octanol–water partition coefficient (Wildman–Crippen LogP) is 3.97. The molecule has 1 aromatic carbocycles. The molecule has 0 saturated carbocycles. The molecule has 1 unspecified atom stereocenters. The number of aliphatic imine (C=N–C) groups is 1. The molecule has 0 spiro atoms. The number of benzene rings is 1. The Balaban J connectivity index is 0.00000280. The molecule has 2 N–H and O–H groups in total. The first kappa shape index (κ1) is 22.8. The molecule has 0 fully saturated rings. The molecular formula is C20H29ClIN5O. The third-order valence-corrected chi connectivity index (χ3v) is 5.12. The van der Waals surface area contributed by atoms with Gasteiger partial charge in [-0.3, -0.25) is 9.67 Å². The Hall–Kier alpha value is -1.48. The van der Waals surface area contributed by atoms with Crippen molar-refractivity contribution in [1.29, 1.82) is 0 Å². The number of hydrogen-bond acceptors (Lipinski definition) is 3. The maximum atomic E-state index is 6.03. The van der Waals surface area contributed by atoms with Gasteiger partial charge in [0.25, 0.3) is 0 Å². The summed E-state index contributed by atoms with van der Waals surface area (Å²) >= 11 is 6.03. The van der Waals surface area contributed by atoms with E-state index in [-0.39, 0.29) is 24.0 Å². The van der Waals surface area contributed by atoms with Crippen LogP contribution in [0, 0.1) is 0 Å². The number of nitrogens with one attached hydrogen (secondary N) is 2. The van der Waals surface area contributed by atoms with Gasteiger partial charge in [-0.15, -0.1) is 24.0 Å². The number of halogens is 2. The minimum absolute atomic E-state index is 0. The van der Waals surface area contributed by atoms with E-state index in [0.717, 1.165) is 36.5 Å². The minimum atomic E-state index is 0. The van der Waals surface area contributed by atoms with Crippen molar-refractivity contribution in [3.8, 4) is 5.75 Å². The highest BCUT2D eigenvalue weighted by atomic mass is 127. The van der Waals surface area contributed by atoms with Crippen molar-refractivity contribution in [2.75, 3.05) is 14.2 Å². The Bertz CT molecular complexity index is 821. The normalized spacial score (nSPS) is 16.4. The average molecular weight is 518 g/mol. The van der Waals surface area contributed by atoms with Gasteiger partial charge >= 0.3 is 0 Å². The molecule has 8 heteroatoms. The highest BCUT2D eigenvalue weighted by Gasteiger charge is 2.23. The fourth-order valence-corrected chi connectivity index (χ4v) is 3.49. The number of fused-ring (bicyclic) bond motifs is 1. The molecular weight excluding hydrogens is 489 g/mol. The number of rotatable bonds is 5. The van der Waals surface area contributed by atoms with E-state index in [0.29, 0.717) is 23.7 Å². The SMILES string of the molecule is CN=C(NCc1ccc(Cl)cc1OC)NC1CCc2cn(C(C)C)nc2C1.I. The van der Waals surface area contributed by atoms with Crippen LogP contribution in [0.2, 0.25) is 5.02 Å². The van der Waals surface area contributed by atoms with Gasteiger partial charge in [0, 0.05) is 48.9 Å². The largest absolute Gasteiger partial charge is 0.496 e. The van der Waals surface area contributed by atoms with Crippen LogP contribution in [0.1, 0.15) is 43.1 Å². The topological polar surface area (TPSA) is 63.5 Å². The van der Waals surface area contributed by atoms with Gasteiger partial charge < -0.3 is 15.4 Å². The van der Waals surface area contributed by atoms with Gasteiger partial charge in [-0.2, -0.15) is 5.10 Å². The molecule has 1 atom stereocenters. The molecule has 154 valence electrons. The number of nitrogens with zero attached hydrogens (tertiary/aromatic N) is 3. The summed E-state index contributed by atoms with van der Waals surface area (Å²) in [6.07, 6.45) is 5.22. The maximum absolute atomic E-state index is 6.03. The van der Waals surface area contributed by atoms with Crippen molar-refractivity contribution in [3.05, 3.63) is 46.2 Å². The molecule has 0 bridgehead atoms. The lowest BCUT2D eigenvalue weighted by Crippen LogP contribution is -2.45. The van der Waals surface area contributed by atoms with Crippen LogP contribution in [-0.2, 0) is 19.4 Å². The summed E-state index contributed by atoms with van der Waals surface area (Å²) in [7, 11) is 3.44. The third kappa shape index (κ3) is 5.53. The van der Waals surface area contributed by atoms with E-state index in [9.17, 15) is 0 Å². The summed E-state index contributed by atoms with van der Waals surface area (Å²) in [6, 6.07) is 6.37. The number of aryl methyl sites for hydroxylation is 1.